The van der Waals surface area contributed by atoms with E-state index in [1.165, 1.54) is 11.6 Å². The fourth-order valence-electron chi connectivity index (χ4n) is 2.03. The highest BCUT2D eigenvalue weighted by atomic mass is 79.9. The van der Waals surface area contributed by atoms with Crippen molar-refractivity contribution in [1.82, 2.24) is 0 Å². The molecule has 0 heterocycles. The van der Waals surface area contributed by atoms with Gasteiger partial charge in [0.25, 0.3) is 0 Å². The van der Waals surface area contributed by atoms with E-state index in [1.54, 1.807) is 6.07 Å². The van der Waals surface area contributed by atoms with Crippen LogP contribution in [0.1, 0.15) is 22.7 Å². The zero-order chi connectivity index (χ0) is 14.0. The van der Waals surface area contributed by atoms with Crippen molar-refractivity contribution in [2.45, 2.75) is 19.4 Å². The van der Waals surface area contributed by atoms with Gasteiger partial charge in [0, 0.05) is 16.1 Å². The maximum absolute atomic E-state index is 13.9. The number of halogens is 3. The Kier molecular flexibility index (Phi) is 4.61. The minimum Gasteiger partial charge on any atom is -0.324 e. The Balaban J connectivity index is 2.25. The zero-order valence-electron chi connectivity index (χ0n) is 10.5. The summed E-state index contributed by atoms with van der Waals surface area (Å²) in [7, 11) is 0. The molecule has 0 fully saturated rings. The molecular formula is C15H14BrClFN. The van der Waals surface area contributed by atoms with Crippen molar-refractivity contribution in [3.63, 3.8) is 0 Å². The lowest BCUT2D eigenvalue weighted by atomic mass is 9.98. The van der Waals surface area contributed by atoms with Crippen LogP contribution in [0.4, 0.5) is 4.39 Å². The summed E-state index contributed by atoms with van der Waals surface area (Å²) in [5, 5.41) is 0.469. The van der Waals surface area contributed by atoms with Crippen molar-refractivity contribution in [3.05, 3.63) is 68.4 Å². The summed E-state index contributed by atoms with van der Waals surface area (Å²) >= 11 is 9.18. The Morgan fingerprint density at radius 3 is 2.74 bits per heavy atom. The van der Waals surface area contributed by atoms with Gasteiger partial charge in [0.2, 0.25) is 0 Å². The Labute approximate surface area is 125 Å². The lowest BCUT2D eigenvalue weighted by molar-refractivity contribution is 0.579. The van der Waals surface area contributed by atoms with E-state index >= 15 is 0 Å². The lowest BCUT2D eigenvalue weighted by Gasteiger charge is -2.14. The molecule has 1 atom stereocenters. The fourth-order valence-corrected chi connectivity index (χ4v) is 2.51. The van der Waals surface area contributed by atoms with Gasteiger partial charge < -0.3 is 5.73 Å². The monoisotopic (exact) mass is 341 g/mol. The van der Waals surface area contributed by atoms with Crippen molar-refractivity contribution >= 4 is 27.5 Å². The van der Waals surface area contributed by atoms with Crippen LogP contribution in [0.15, 0.2) is 40.9 Å². The van der Waals surface area contributed by atoms with Gasteiger partial charge in [-0.2, -0.15) is 0 Å². The van der Waals surface area contributed by atoms with Gasteiger partial charge in [-0.05, 0) is 47.0 Å². The van der Waals surface area contributed by atoms with Crippen LogP contribution in [-0.2, 0) is 6.42 Å². The first-order valence-electron chi connectivity index (χ1n) is 5.93. The number of hydrogen-bond donors (Lipinski definition) is 1. The Morgan fingerprint density at radius 1 is 1.32 bits per heavy atom. The second-order valence-electron chi connectivity index (χ2n) is 4.59. The van der Waals surface area contributed by atoms with E-state index in [4.69, 9.17) is 17.3 Å². The van der Waals surface area contributed by atoms with Crippen LogP contribution >= 0.6 is 27.5 Å². The van der Waals surface area contributed by atoms with E-state index in [0.29, 0.717) is 21.5 Å². The predicted octanol–water partition coefficient (Wildman–Crippen LogP) is 4.79. The highest BCUT2D eigenvalue weighted by Crippen LogP contribution is 2.29. The lowest BCUT2D eigenvalue weighted by Crippen LogP contribution is -2.15. The van der Waals surface area contributed by atoms with Gasteiger partial charge in [-0.25, -0.2) is 4.39 Å². The average Bonchev–Trinajstić information content (AvgIpc) is 2.33. The summed E-state index contributed by atoms with van der Waals surface area (Å²) in [6, 6.07) is 10.6. The summed E-state index contributed by atoms with van der Waals surface area (Å²) in [6.07, 6.45) is 0.580. The first-order chi connectivity index (χ1) is 8.97. The molecule has 0 amide bonds. The first-order valence-corrected chi connectivity index (χ1v) is 7.10. The van der Waals surface area contributed by atoms with Crippen molar-refractivity contribution in [3.8, 4) is 0 Å². The molecule has 19 heavy (non-hydrogen) atoms. The standard InChI is InChI=1S/C15H14BrClFN/c1-9-3-2-4-10(5-9)6-15(19)11-7-13(17)12(16)8-14(11)18/h2-5,7-8,15H,6,19H2,1H3. The molecule has 0 aliphatic rings. The molecule has 0 aromatic heterocycles. The molecule has 2 N–H and O–H groups in total. The van der Waals surface area contributed by atoms with Gasteiger partial charge in [-0.3, -0.25) is 0 Å². The van der Waals surface area contributed by atoms with Crippen LogP contribution in [0.2, 0.25) is 5.02 Å². The van der Waals surface area contributed by atoms with Crippen molar-refractivity contribution in [2.75, 3.05) is 0 Å². The molecule has 0 radical (unpaired) electrons. The van der Waals surface area contributed by atoms with Crippen molar-refractivity contribution < 1.29 is 4.39 Å². The first kappa shape index (κ1) is 14.5. The quantitative estimate of drug-likeness (QED) is 0.797. The molecule has 0 saturated carbocycles. The number of hydrogen-bond acceptors (Lipinski definition) is 1. The molecule has 1 unspecified atom stereocenters. The summed E-state index contributed by atoms with van der Waals surface area (Å²) in [6.45, 7) is 2.02. The zero-order valence-corrected chi connectivity index (χ0v) is 12.8. The van der Waals surface area contributed by atoms with Gasteiger partial charge in [0.1, 0.15) is 5.82 Å². The Hall–Kier alpha value is -0.900. The number of aryl methyl sites for hydroxylation is 1. The summed E-state index contributed by atoms with van der Waals surface area (Å²) < 4.78 is 14.4. The molecule has 2 rings (SSSR count). The van der Waals surface area contributed by atoms with Gasteiger partial charge in [0.15, 0.2) is 0 Å². The molecular weight excluding hydrogens is 329 g/mol. The van der Waals surface area contributed by atoms with Crippen LogP contribution in [0.3, 0.4) is 0 Å². The molecule has 0 spiro atoms. The molecule has 100 valence electrons. The smallest absolute Gasteiger partial charge is 0.129 e. The maximum atomic E-state index is 13.9. The fraction of sp³-hybridized carbons (Fsp3) is 0.200. The van der Waals surface area contributed by atoms with Crippen LogP contribution in [0.25, 0.3) is 0 Å². The highest BCUT2D eigenvalue weighted by molar-refractivity contribution is 9.10. The second-order valence-corrected chi connectivity index (χ2v) is 5.85. The normalized spacial score (nSPS) is 12.5. The van der Waals surface area contributed by atoms with E-state index < -0.39 is 6.04 Å². The van der Waals surface area contributed by atoms with E-state index in [1.807, 2.05) is 25.1 Å². The number of rotatable bonds is 3. The van der Waals surface area contributed by atoms with E-state index in [0.717, 1.165) is 5.56 Å². The molecule has 4 heteroatoms. The predicted molar refractivity (Wildman–Crippen MR) is 80.9 cm³/mol. The van der Waals surface area contributed by atoms with Crippen molar-refractivity contribution in [1.29, 1.82) is 0 Å². The molecule has 1 nitrogen and oxygen atoms in total. The Morgan fingerprint density at radius 2 is 2.05 bits per heavy atom. The molecule has 2 aromatic rings. The number of nitrogens with two attached hydrogens (primary N) is 1. The van der Waals surface area contributed by atoms with Gasteiger partial charge in [0.05, 0.1) is 5.02 Å². The topological polar surface area (TPSA) is 26.0 Å². The summed E-state index contributed by atoms with van der Waals surface area (Å²) in [4.78, 5) is 0. The van der Waals surface area contributed by atoms with Gasteiger partial charge in [-0.1, -0.05) is 41.4 Å². The number of benzene rings is 2. The molecule has 0 aliphatic carbocycles. The van der Waals surface area contributed by atoms with Crippen LogP contribution in [0.5, 0.6) is 0 Å². The van der Waals surface area contributed by atoms with E-state index in [-0.39, 0.29) is 5.82 Å². The largest absolute Gasteiger partial charge is 0.324 e. The minimum absolute atomic E-state index is 0.337. The van der Waals surface area contributed by atoms with Crippen LogP contribution in [0, 0.1) is 12.7 Å². The van der Waals surface area contributed by atoms with Gasteiger partial charge >= 0.3 is 0 Å². The maximum Gasteiger partial charge on any atom is 0.129 e. The third-order valence-electron chi connectivity index (χ3n) is 2.98. The van der Waals surface area contributed by atoms with E-state index in [2.05, 4.69) is 22.0 Å². The summed E-state index contributed by atoms with van der Waals surface area (Å²) in [5.74, 6) is -0.337. The molecule has 2 aromatic carbocycles. The van der Waals surface area contributed by atoms with E-state index in [9.17, 15) is 4.39 Å². The third kappa shape index (κ3) is 3.56. The SMILES string of the molecule is Cc1cccc(CC(N)c2cc(Cl)c(Br)cc2F)c1. The summed E-state index contributed by atoms with van der Waals surface area (Å²) in [5.41, 5.74) is 8.78. The van der Waals surface area contributed by atoms with Crippen LogP contribution < -0.4 is 5.73 Å². The third-order valence-corrected chi connectivity index (χ3v) is 4.17. The molecule has 0 bridgehead atoms. The second kappa shape index (κ2) is 6.04. The highest BCUT2D eigenvalue weighted by Gasteiger charge is 2.14. The van der Waals surface area contributed by atoms with Crippen LogP contribution in [-0.4, -0.2) is 0 Å². The van der Waals surface area contributed by atoms with Gasteiger partial charge in [-0.15, -0.1) is 0 Å². The molecule has 0 saturated heterocycles. The Bertz CT molecular complexity index is 601. The van der Waals surface area contributed by atoms with Crippen molar-refractivity contribution in [2.24, 2.45) is 5.73 Å². The molecule has 0 aliphatic heterocycles. The minimum atomic E-state index is -0.410. The average molecular weight is 343 g/mol.